The summed E-state index contributed by atoms with van der Waals surface area (Å²) in [5, 5.41) is 11.7. The van der Waals surface area contributed by atoms with Gasteiger partial charge in [0.25, 0.3) is 0 Å². The van der Waals surface area contributed by atoms with E-state index in [0.29, 0.717) is 28.9 Å². The van der Waals surface area contributed by atoms with E-state index in [-0.39, 0.29) is 17.6 Å². The fraction of sp³-hybridized carbons (Fsp3) is 0.524. The number of esters is 1. The lowest BCUT2D eigenvalue weighted by atomic mass is 9.89. The third kappa shape index (κ3) is 5.98. The van der Waals surface area contributed by atoms with Gasteiger partial charge in [0.15, 0.2) is 5.82 Å². The Balaban J connectivity index is 1.52. The number of benzene rings is 1. The van der Waals surface area contributed by atoms with Crippen LogP contribution in [0.1, 0.15) is 74.0 Å². The number of amides is 1. The number of carbonyl (C=O) groups excluding carboxylic acids is 2. The molecule has 0 saturated heterocycles. The number of hydrogen-bond acceptors (Lipinski definition) is 7. The van der Waals surface area contributed by atoms with Crippen molar-refractivity contribution >= 4 is 29.3 Å². The summed E-state index contributed by atoms with van der Waals surface area (Å²) in [4.78, 5) is 24.4. The molecule has 1 fully saturated rings. The predicted octanol–water partition coefficient (Wildman–Crippen LogP) is 3.73. The van der Waals surface area contributed by atoms with Crippen LogP contribution in [0.2, 0.25) is 0 Å². The second kappa shape index (κ2) is 11.0. The summed E-state index contributed by atoms with van der Waals surface area (Å²) in [5.41, 5.74) is 0.957. The summed E-state index contributed by atoms with van der Waals surface area (Å²) in [5.74, 6) is 6.85. The number of nitrogens with two attached hydrogens (primary N) is 1. The number of nitrogens with one attached hydrogen (secondary N) is 1. The van der Waals surface area contributed by atoms with Crippen molar-refractivity contribution < 1.29 is 14.3 Å². The molecule has 0 radical (unpaired) electrons. The highest BCUT2D eigenvalue weighted by atomic mass is 32.2. The maximum atomic E-state index is 12.4. The molecule has 8 nitrogen and oxygen atoms in total. The molecule has 1 aliphatic carbocycles. The Morgan fingerprint density at radius 2 is 2.07 bits per heavy atom. The van der Waals surface area contributed by atoms with Crippen molar-refractivity contribution in [3.8, 4) is 0 Å². The van der Waals surface area contributed by atoms with E-state index < -0.39 is 0 Å². The molecule has 1 aromatic carbocycles. The van der Waals surface area contributed by atoms with Crippen LogP contribution >= 0.6 is 11.8 Å². The molecule has 1 saturated carbocycles. The van der Waals surface area contributed by atoms with Crippen LogP contribution in [0.15, 0.2) is 29.4 Å². The minimum absolute atomic E-state index is 0.144. The number of aromatic nitrogens is 3. The van der Waals surface area contributed by atoms with Crippen molar-refractivity contribution in [1.29, 1.82) is 0 Å². The second-order valence-corrected chi connectivity index (χ2v) is 8.40. The van der Waals surface area contributed by atoms with Crippen molar-refractivity contribution in [1.82, 2.24) is 14.9 Å². The number of rotatable bonds is 9. The molecular formula is C21H29N5O3S. The minimum atomic E-state index is -0.389. The Bertz CT molecular complexity index is 864. The summed E-state index contributed by atoms with van der Waals surface area (Å²) in [6.45, 7) is 2.43. The van der Waals surface area contributed by atoms with Gasteiger partial charge in [-0.05, 0) is 37.5 Å². The molecule has 0 unspecified atom stereocenters. The Morgan fingerprint density at radius 1 is 1.27 bits per heavy atom. The average Bonchev–Trinajstić information content (AvgIpc) is 3.13. The van der Waals surface area contributed by atoms with Crippen LogP contribution in [0, 0.1) is 0 Å². The molecule has 1 aromatic heterocycles. The molecular weight excluding hydrogens is 402 g/mol. The van der Waals surface area contributed by atoms with Gasteiger partial charge in [0.2, 0.25) is 11.1 Å². The first-order chi connectivity index (χ1) is 14.6. The van der Waals surface area contributed by atoms with E-state index in [9.17, 15) is 9.59 Å². The van der Waals surface area contributed by atoms with Gasteiger partial charge < -0.3 is 15.9 Å². The number of nitrogens with zero attached hydrogens (tertiary/aromatic N) is 3. The SMILES string of the molecule is CCCCOC(=O)c1cccc(NC(=O)CSc2nnc(C3CCCCC3)n2N)c1. The summed E-state index contributed by atoms with van der Waals surface area (Å²) >= 11 is 1.24. The molecule has 3 N–H and O–H groups in total. The largest absolute Gasteiger partial charge is 0.462 e. The lowest BCUT2D eigenvalue weighted by molar-refractivity contribution is -0.113. The van der Waals surface area contributed by atoms with Gasteiger partial charge in [-0.25, -0.2) is 9.47 Å². The zero-order chi connectivity index (χ0) is 21.3. The van der Waals surface area contributed by atoms with Crippen LogP contribution in [0.25, 0.3) is 0 Å². The highest BCUT2D eigenvalue weighted by Crippen LogP contribution is 2.32. The van der Waals surface area contributed by atoms with Crippen LogP contribution in [0.5, 0.6) is 0 Å². The van der Waals surface area contributed by atoms with Gasteiger partial charge in [0.1, 0.15) is 0 Å². The van der Waals surface area contributed by atoms with Crippen molar-refractivity contribution in [2.45, 2.75) is 62.9 Å². The van der Waals surface area contributed by atoms with E-state index in [4.69, 9.17) is 10.6 Å². The van der Waals surface area contributed by atoms with Crippen LogP contribution in [-0.2, 0) is 9.53 Å². The number of nitrogen functional groups attached to an aromatic ring is 1. The van der Waals surface area contributed by atoms with Gasteiger partial charge in [-0.2, -0.15) is 0 Å². The normalized spacial score (nSPS) is 14.4. The first-order valence-electron chi connectivity index (χ1n) is 10.5. The zero-order valence-corrected chi connectivity index (χ0v) is 18.1. The van der Waals surface area contributed by atoms with E-state index in [1.165, 1.54) is 35.7 Å². The summed E-state index contributed by atoms with van der Waals surface area (Å²) in [7, 11) is 0. The van der Waals surface area contributed by atoms with Crippen molar-refractivity contribution in [3.05, 3.63) is 35.7 Å². The average molecular weight is 432 g/mol. The molecule has 1 heterocycles. The number of anilines is 1. The van der Waals surface area contributed by atoms with E-state index in [0.717, 1.165) is 31.5 Å². The zero-order valence-electron chi connectivity index (χ0n) is 17.3. The molecule has 0 bridgehead atoms. The fourth-order valence-corrected chi connectivity index (χ4v) is 4.13. The Kier molecular flexibility index (Phi) is 8.12. The van der Waals surface area contributed by atoms with E-state index in [1.54, 1.807) is 24.3 Å². The molecule has 1 aliphatic rings. The van der Waals surface area contributed by atoms with Crippen molar-refractivity contribution in [2.75, 3.05) is 23.5 Å². The topological polar surface area (TPSA) is 112 Å². The molecule has 3 rings (SSSR count). The number of ether oxygens (including phenoxy) is 1. The van der Waals surface area contributed by atoms with Gasteiger partial charge in [0.05, 0.1) is 17.9 Å². The third-order valence-corrected chi connectivity index (χ3v) is 6.05. The molecule has 2 aromatic rings. The maximum absolute atomic E-state index is 12.4. The smallest absolute Gasteiger partial charge is 0.338 e. The number of thioether (sulfide) groups is 1. The van der Waals surface area contributed by atoms with Crippen LogP contribution in [-0.4, -0.2) is 39.1 Å². The maximum Gasteiger partial charge on any atom is 0.338 e. The lowest BCUT2D eigenvalue weighted by Crippen LogP contribution is -2.20. The Labute approximate surface area is 180 Å². The van der Waals surface area contributed by atoms with Gasteiger partial charge >= 0.3 is 5.97 Å². The molecule has 0 spiro atoms. The standard InChI is InChI=1S/C21H29N5O3S/c1-2-3-12-29-20(28)16-10-7-11-17(13-16)23-18(27)14-30-21-25-24-19(26(21)22)15-8-5-4-6-9-15/h7,10-11,13,15H,2-6,8-9,12,14,22H2,1H3,(H,23,27). The molecule has 0 aliphatic heterocycles. The molecule has 162 valence electrons. The van der Waals surface area contributed by atoms with E-state index >= 15 is 0 Å². The molecule has 30 heavy (non-hydrogen) atoms. The third-order valence-electron chi connectivity index (χ3n) is 5.11. The number of hydrogen-bond donors (Lipinski definition) is 2. The highest BCUT2D eigenvalue weighted by Gasteiger charge is 2.22. The molecule has 1 amide bonds. The van der Waals surface area contributed by atoms with E-state index in [1.807, 2.05) is 6.92 Å². The monoisotopic (exact) mass is 431 g/mol. The van der Waals surface area contributed by atoms with Crippen LogP contribution in [0.4, 0.5) is 5.69 Å². The summed E-state index contributed by atoms with van der Waals surface area (Å²) in [6, 6.07) is 6.73. The van der Waals surface area contributed by atoms with Crippen LogP contribution < -0.4 is 11.2 Å². The van der Waals surface area contributed by atoms with Gasteiger partial charge in [-0.1, -0.05) is 50.4 Å². The number of carbonyl (C=O) groups is 2. The summed E-state index contributed by atoms with van der Waals surface area (Å²) < 4.78 is 6.73. The predicted molar refractivity (Wildman–Crippen MR) is 117 cm³/mol. The van der Waals surface area contributed by atoms with Gasteiger partial charge in [0, 0.05) is 11.6 Å². The van der Waals surface area contributed by atoms with Crippen LogP contribution in [0.3, 0.4) is 0 Å². The molecule has 0 atom stereocenters. The summed E-state index contributed by atoms with van der Waals surface area (Å²) in [6.07, 6.45) is 7.58. The minimum Gasteiger partial charge on any atom is -0.462 e. The van der Waals surface area contributed by atoms with Gasteiger partial charge in [-0.3, -0.25) is 4.79 Å². The second-order valence-electron chi connectivity index (χ2n) is 7.45. The first kappa shape index (κ1) is 22.1. The highest BCUT2D eigenvalue weighted by molar-refractivity contribution is 7.99. The fourth-order valence-electron chi connectivity index (χ4n) is 3.47. The molecule has 9 heteroatoms. The Morgan fingerprint density at radius 3 is 2.83 bits per heavy atom. The lowest BCUT2D eigenvalue weighted by Gasteiger charge is -2.20. The first-order valence-corrected chi connectivity index (χ1v) is 11.5. The van der Waals surface area contributed by atoms with Gasteiger partial charge in [-0.15, -0.1) is 10.2 Å². The van der Waals surface area contributed by atoms with Crippen molar-refractivity contribution in [3.63, 3.8) is 0 Å². The van der Waals surface area contributed by atoms with Crippen molar-refractivity contribution in [2.24, 2.45) is 0 Å². The quantitative estimate of drug-likeness (QED) is 0.269. The van der Waals surface area contributed by atoms with E-state index in [2.05, 4.69) is 15.5 Å². The Hall–Kier alpha value is -2.55. The number of unbranched alkanes of at least 4 members (excludes halogenated alkanes) is 1.